The Hall–Kier alpha value is 0.869. The predicted octanol–water partition coefficient (Wildman–Crippen LogP) is -1.21. The summed E-state index contributed by atoms with van der Waals surface area (Å²) in [6.45, 7) is 0.281. The summed E-state index contributed by atoms with van der Waals surface area (Å²) in [6, 6.07) is 0. The van der Waals surface area contributed by atoms with E-state index in [1.165, 1.54) is 0 Å². The van der Waals surface area contributed by atoms with E-state index < -0.39 is 11.1 Å². The minimum Gasteiger partial charge on any atom is -0.329 e. The van der Waals surface area contributed by atoms with Crippen LogP contribution in [-0.4, -0.2) is 45.0 Å². The van der Waals surface area contributed by atoms with Crippen LogP contribution >= 0.6 is 0 Å². The molecule has 0 bridgehead atoms. The monoisotopic (exact) mass is 229 g/mol. The van der Waals surface area contributed by atoms with E-state index in [2.05, 4.69) is 0 Å². The van der Waals surface area contributed by atoms with Crippen LogP contribution < -0.4 is 5.73 Å². The number of hydrogen-bond acceptors (Lipinski definition) is 2. The second-order valence-corrected chi connectivity index (χ2v) is 1.87. The van der Waals surface area contributed by atoms with Crippen molar-refractivity contribution in [1.29, 1.82) is 0 Å². The fraction of sp³-hybridized carbons (Fsp3) is 1.00. The van der Waals surface area contributed by atoms with Crippen molar-refractivity contribution in [3.63, 3.8) is 0 Å². The van der Waals surface area contributed by atoms with Crippen LogP contribution in [-0.2, 0) is 11.1 Å². The SMILES string of the molecule is NCCS(=O)O.[Sn]. The van der Waals surface area contributed by atoms with Gasteiger partial charge in [0.2, 0.25) is 0 Å². The van der Waals surface area contributed by atoms with Crippen molar-refractivity contribution in [2.45, 2.75) is 0 Å². The maximum absolute atomic E-state index is 9.63. The molecule has 0 heterocycles. The van der Waals surface area contributed by atoms with E-state index in [1.54, 1.807) is 0 Å². The first-order valence-corrected chi connectivity index (χ1v) is 2.82. The average Bonchev–Trinajstić information content (AvgIpc) is 1.35. The van der Waals surface area contributed by atoms with Crippen molar-refractivity contribution < 1.29 is 8.76 Å². The Balaban J connectivity index is 0. The van der Waals surface area contributed by atoms with Gasteiger partial charge in [0.25, 0.3) is 0 Å². The Morgan fingerprint density at radius 1 is 1.71 bits per heavy atom. The summed E-state index contributed by atoms with van der Waals surface area (Å²) in [5.74, 6) is 0.181. The summed E-state index contributed by atoms with van der Waals surface area (Å²) in [5, 5.41) is 0. The predicted molar refractivity (Wildman–Crippen MR) is 30.4 cm³/mol. The molecule has 0 aliphatic carbocycles. The minimum atomic E-state index is -1.69. The summed E-state index contributed by atoms with van der Waals surface area (Å²) in [7, 11) is 0. The van der Waals surface area contributed by atoms with Gasteiger partial charge in [0.05, 0.1) is 5.75 Å². The Labute approximate surface area is 61.9 Å². The van der Waals surface area contributed by atoms with E-state index in [-0.39, 0.29) is 36.2 Å². The van der Waals surface area contributed by atoms with Crippen LogP contribution in [0.25, 0.3) is 0 Å². The molecule has 5 heteroatoms. The van der Waals surface area contributed by atoms with Gasteiger partial charge in [-0.1, -0.05) is 0 Å². The van der Waals surface area contributed by atoms with Crippen molar-refractivity contribution in [2.75, 3.05) is 12.3 Å². The van der Waals surface area contributed by atoms with Gasteiger partial charge in [0.1, 0.15) is 0 Å². The van der Waals surface area contributed by atoms with Crippen LogP contribution in [0.5, 0.6) is 0 Å². The number of hydrogen-bond donors (Lipinski definition) is 2. The van der Waals surface area contributed by atoms with E-state index in [4.69, 9.17) is 10.3 Å². The molecule has 0 saturated carbocycles. The van der Waals surface area contributed by atoms with Gasteiger partial charge in [-0.05, 0) is 0 Å². The molecule has 0 rings (SSSR count). The molecule has 0 spiro atoms. The third-order valence-electron chi connectivity index (χ3n) is 0.292. The molecule has 0 fully saturated rings. The zero-order chi connectivity index (χ0) is 4.99. The zero-order valence-electron chi connectivity index (χ0n) is 3.76. The molecule has 0 aliphatic rings. The van der Waals surface area contributed by atoms with E-state index in [1.807, 2.05) is 0 Å². The third kappa shape index (κ3) is 10.9. The Morgan fingerprint density at radius 2 is 2.14 bits per heavy atom. The summed E-state index contributed by atoms with van der Waals surface area (Å²) in [5.41, 5.74) is 4.88. The number of rotatable bonds is 2. The fourth-order valence-corrected chi connectivity index (χ4v) is 0.302. The smallest absolute Gasteiger partial charge is 0.154 e. The molecule has 1 unspecified atom stereocenters. The molecule has 1 atom stereocenters. The standard InChI is InChI=1S/C2H7NO2S.Sn/c3-1-2-6(4)5;/h1-3H2,(H,4,5);. The van der Waals surface area contributed by atoms with E-state index in [0.717, 1.165) is 0 Å². The molecular formula is C2H7NO2SSn. The van der Waals surface area contributed by atoms with Gasteiger partial charge in [-0.2, -0.15) is 0 Å². The first-order chi connectivity index (χ1) is 2.77. The first-order valence-electron chi connectivity index (χ1n) is 1.55. The molecule has 3 nitrogen and oxygen atoms in total. The molecule has 0 amide bonds. The van der Waals surface area contributed by atoms with Crippen molar-refractivity contribution in [2.24, 2.45) is 5.73 Å². The molecule has 0 aromatic rings. The fourth-order valence-electron chi connectivity index (χ4n) is 0.101. The van der Waals surface area contributed by atoms with Crippen LogP contribution in [0.4, 0.5) is 0 Å². The van der Waals surface area contributed by atoms with E-state index in [9.17, 15) is 4.21 Å². The summed E-state index contributed by atoms with van der Waals surface area (Å²) in [6.07, 6.45) is 0. The van der Waals surface area contributed by atoms with Crippen LogP contribution in [0.3, 0.4) is 0 Å². The van der Waals surface area contributed by atoms with Gasteiger partial charge in [0.15, 0.2) is 11.1 Å². The van der Waals surface area contributed by atoms with Crippen molar-refractivity contribution in [3.8, 4) is 0 Å². The zero-order valence-corrected chi connectivity index (χ0v) is 7.43. The Kier molecular flexibility index (Phi) is 10.6. The molecule has 7 heavy (non-hydrogen) atoms. The average molecular weight is 228 g/mol. The van der Waals surface area contributed by atoms with Gasteiger partial charge in [0, 0.05) is 30.5 Å². The van der Waals surface area contributed by atoms with Crippen LogP contribution in [0.1, 0.15) is 0 Å². The maximum Gasteiger partial charge on any atom is 0.154 e. The Morgan fingerprint density at radius 3 is 2.14 bits per heavy atom. The van der Waals surface area contributed by atoms with Crippen LogP contribution in [0, 0.1) is 0 Å². The first kappa shape index (κ1) is 10.8. The summed E-state index contributed by atoms with van der Waals surface area (Å²) >= 11 is -1.69. The molecule has 4 radical (unpaired) electrons. The molecule has 0 aliphatic heterocycles. The topological polar surface area (TPSA) is 63.3 Å². The maximum atomic E-state index is 9.63. The molecule has 0 aromatic heterocycles. The van der Waals surface area contributed by atoms with Gasteiger partial charge in [-0.15, -0.1) is 0 Å². The summed E-state index contributed by atoms with van der Waals surface area (Å²) < 4.78 is 17.6. The van der Waals surface area contributed by atoms with Crippen molar-refractivity contribution in [3.05, 3.63) is 0 Å². The van der Waals surface area contributed by atoms with Crippen molar-refractivity contribution in [1.82, 2.24) is 0 Å². The largest absolute Gasteiger partial charge is 0.329 e. The Bertz CT molecular complexity index is 59.7. The molecular weight excluding hydrogens is 221 g/mol. The minimum absolute atomic E-state index is 0. The number of nitrogens with two attached hydrogens (primary N) is 1. The quantitative estimate of drug-likeness (QED) is 0.460. The van der Waals surface area contributed by atoms with Crippen LogP contribution in [0.2, 0.25) is 0 Å². The van der Waals surface area contributed by atoms with Gasteiger partial charge >= 0.3 is 0 Å². The van der Waals surface area contributed by atoms with Gasteiger partial charge in [-0.25, -0.2) is 4.21 Å². The second kappa shape index (κ2) is 6.87. The molecule has 3 N–H and O–H groups in total. The van der Waals surface area contributed by atoms with Crippen molar-refractivity contribution >= 4 is 35.0 Å². The molecule has 42 valence electrons. The van der Waals surface area contributed by atoms with Crippen LogP contribution in [0.15, 0.2) is 0 Å². The van der Waals surface area contributed by atoms with Gasteiger partial charge in [-0.3, -0.25) is 0 Å². The third-order valence-corrected chi connectivity index (χ3v) is 0.877. The summed E-state index contributed by atoms with van der Waals surface area (Å²) in [4.78, 5) is 0. The normalized spacial score (nSPS) is 12.3. The molecule has 0 saturated heterocycles. The van der Waals surface area contributed by atoms with E-state index >= 15 is 0 Å². The second-order valence-electron chi connectivity index (χ2n) is 0.814. The van der Waals surface area contributed by atoms with Gasteiger partial charge < -0.3 is 10.3 Å². The van der Waals surface area contributed by atoms with E-state index in [0.29, 0.717) is 0 Å². The molecule has 0 aromatic carbocycles.